The largest absolute Gasteiger partial charge is 0.299 e. The lowest BCUT2D eigenvalue weighted by molar-refractivity contribution is -0.132. The molecule has 1 saturated heterocycles. The van der Waals surface area contributed by atoms with Gasteiger partial charge in [-0.15, -0.1) is 0 Å². The number of Topliss-reactive ketones (excluding diaryl/α,β-unsaturated/α-hetero) is 1. The summed E-state index contributed by atoms with van der Waals surface area (Å²) >= 11 is 0. The maximum Gasteiger partial charge on any atom is 0.238 e. The molecule has 2 amide bonds. The van der Waals surface area contributed by atoms with Gasteiger partial charge in [-0.1, -0.05) is 18.6 Å². The monoisotopic (exact) mass is 285 g/mol. The van der Waals surface area contributed by atoms with Gasteiger partial charge in [0, 0.05) is 18.8 Å². The van der Waals surface area contributed by atoms with E-state index in [9.17, 15) is 14.4 Å². The molecule has 21 heavy (non-hydrogen) atoms. The summed E-state index contributed by atoms with van der Waals surface area (Å²) in [6, 6.07) is 7.37. The fourth-order valence-corrected chi connectivity index (χ4v) is 3.44. The zero-order valence-electron chi connectivity index (χ0n) is 12.2. The average Bonchev–Trinajstić information content (AvgIpc) is 2.74. The number of carbonyl (C=O) groups excluding carboxylic acids is 3. The Morgan fingerprint density at radius 2 is 1.90 bits per heavy atom. The zero-order chi connectivity index (χ0) is 15.0. The Labute approximate surface area is 124 Å². The normalized spacial score (nSPS) is 26.5. The molecule has 2 aliphatic rings. The third kappa shape index (κ3) is 2.50. The number of anilines is 1. The van der Waals surface area contributed by atoms with Crippen LogP contribution in [0.4, 0.5) is 5.69 Å². The van der Waals surface area contributed by atoms with E-state index in [0.717, 1.165) is 24.8 Å². The van der Waals surface area contributed by atoms with Crippen molar-refractivity contribution in [3.8, 4) is 0 Å². The molecule has 1 saturated carbocycles. The molecule has 1 aliphatic carbocycles. The molecular formula is C17H19NO3. The van der Waals surface area contributed by atoms with Crippen LogP contribution >= 0.6 is 0 Å². The molecule has 110 valence electrons. The van der Waals surface area contributed by atoms with Crippen LogP contribution in [0.15, 0.2) is 24.3 Å². The minimum Gasteiger partial charge on any atom is -0.299 e. The second-order valence-corrected chi connectivity index (χ2v) is 6.04. The Kier molecular flexibility index (Phi) is 3.62. The zero-order valence-corrected chi connectivity index (χ0v) is 12.2. The Morgan fingerprint density at radius 3 is 2.62 bits per heavy atom. The standard InChI is InChI=1S/C17H19NO3/c1-11-5-4-6-12(9-11)18-16(20)10-14(17(18)21)13-7-2-3-8-15(13)19/h4-6,9,13-14H,2-3,7-8,10H2,1H3. The average molecular weight is 285 g/mol. The molecule has 1 heterocycles. The van der Waals surface area contributed by atoms with E-state index in [0.29, 0.717) is 12.1 Å². The van der Waals surface area contributed by atoms with E-state index in [4.69, 9.17) is 0 Å². The van der Waals surface area contributed by atoms with Crippen molar-refractivity contribution in [2.24, 2.45) is 11.8 Å². The topological polar surface area (TPSA) is 54.5 Å². The molecule has 4 heteroatoms. The van der Waals surface area contributed by atoms with Crippen molar-refractivity contribution in [2.45, 2.75) is 39.0 Å². The van der Waals surface area contributed by atoms with Crippen molar-refractivity contribution in [1.82, 2.24) is 0 Å². The van der Waals surface area contributed by atoms with Gasteiger partial charge in [0.25, 0.3) is 0 Å². The number of amides is 2. The van der Waals surface area contributed by atoms with Crippen molar-refractivity contribution in [3.63, 3.8) is 0 Å². The van der Waals surface area contributed by atoms with E-state index in [2.05, 4.69) is 0 Å². The van der Waals surface area contributed by atoms with E-state index < -0.39 is 5.92 Å². The number of carbonyl (C=O) groups is 3. The quantitative estimate of drug-likeness (QED) is 0.785. The number of hydrogen-bond acceptors (Lipinski definition) is 3. The van der Waals surface area contributed by atoms with Crippen molar-refractivity contribution in [2.75, 3.05) is 4.90 Å². The van der Waals surface area contributed by atoms with Gasteiger partial charge in [0.05, 0.1) is 11.6 Å². The van der Waals surface area contributed by atoms with Gasteiger partial charge >= 0.3 is 0 Å². The molecule has 1 aromatic rings. The number of imide groups is 1. The summed E-state index contributed by atoms with van der Waals surface area (Å²) in [5.74, 6) is -0.950. The fraction of sp³-hybridized carbons (Fsp3) is 0.471. The number of rotatable bonds is 2. The first kappa shape index (κ1) is 14.0. The third-order valence-corrected chi connectivity index (χ3v) is 4.53. The van der Waals surface area contributed by atoms with E-state index in [-0.39, 0.29) is 29.9 Å². The smallest absolute Gasteiger partial charge is 0.238 e. The summed E-state index contributed by atoms with van der Waals surface area (Å²) in [4.78, 5) is 38.2. The minimum atomic E-state index is -0.453. The molecule has 2 fully saturated rings. The molecule has 0 spiro atoms. The van der Waals surface area contributed by atoms with Gasteiger partial charge in [-0.2, -0.15) is 0 Å². The molecule has 3 rings (SSSR count). The van der Waals surface area contributed by atoms with Gasteiger partial charge in [-0.3, -0.25) is 19.3 Å². The van der Waals surface area contributed by atoms with Gasteiger partial charge < -0.3 is 0 Å². The molecule has 0 radical (unpaired) electrons. The highest BCUT2D eigenvalue weighted by Gasteiger charge is 2.46. The number of nitrogens with zero attached hydrogens (tertiary/aromatic N) is 1. The summed E-state index contributed by atoms with van der Waals surface area (Å²) < 4.78 is 0. The molecule has 0 aromatic heterocycles. The Hall–Kier alpha value is -1.97. The van der Waals surface area contributed by atoms with Crippen LogP contribution in [0, 0.1) is 18.8 Å². The maximum absolute atomic E-state index is 12.6. The molecular weight excluding hydrogens is 266 g/mol. The Balaban J connectivity index is 1.87. The first-order chi connectivity index (χ1) is 10.1. The van der Waals surface area contributed by atoms with E-state index >= 15 is 0 Å². The molecule has 2 unspecified atom stereocenters. The van der Waals surface area contributed by atoms with Gasteiger partial charge in [0.1, 0.15) is 5.78 Å². The highest BCUT2D eigenvalue weighted by molar-refractivity contribution is 6.21. The van der Waals surface area contributed by atoms with Crippen molar-refractivity contribution in [1.29, 1.82) is 0 Å². The third-order valence-electron chi connectivity index (χ3n) is 4.53. The lowest BCUT2D eigenvalue weighted by Crippen LogP contribution is -2.35. The van der Waals surface area contributed by atoms with Gasteiger partial charge in [0.15, 0.2) is 0 Å². The van der Waals surface area contributed by atoms with Crippen LogP contribution in [0.3, 0.4) is 0 Å². The van der Waals surface area contributed by atoms with Gasteiger partial charge in [0.2, 0.25) is 11.8 Å². The summed E-state index contributed by atoms with van der Waals surface area (Å²) in [7, 11) is 0. The molecule has 1 aliphatic heterocycles. The molecule has 4 nitrogen and oxygen atoms in total. The first-order valence-electron chi connectivity index (χ1n) is 7.54. The first-order valence-corrected chi connectivity index (χ1v) is 7.54. The fourth-order valence-electron chi connectivity index (χ4n) is 3.44. The minimum absolute atomic E-state index is 0.151. The molecule has 2 atom stereocenters. The Morgan fingerprint density at radius 1 is 1.10 bits per heavy atom. The number of ketones is 1. The van der Waals surface area contributed by atoms with E-state index in [1.807, 2.05) is 25.1 Å². The van der Waals surface area contributed by atoms with Gasteiger partial charge in [-0.25, -0.2) is 0 Å². The lowest BCUT2D eigenvalue weighted by atomic mass is 9.78. The summed E-state index contributed by atoms with van der Waals surface area (Å²) in [6.45, 7) is 1.93. The van der Waals surface area contributed by atoms with Gasteiger partial charge in [-0.05, 0) is 37.5 Å². The van der Waals surface area contributed by atoms with Crippen molar-refractivity contribution in [3.05, 3.63) is 29.8 Å². The summed E-state index contributed by atoms with van der Waals surface area (Å²) in [5.41, 5.74) is 1.63. The SMILES string of the molecule is Cc1cccc(N2C(=O)CC(C3CCCCC3=O)C2=O)c1. The summed E-state index contributed by atoms with van der Waals surface area (Å²) in [6.07, 6.45) is 3.34. The van der Waals surface area contributed by atoms with E-state index in [1.54, 1.807) is 6.07 Å². The number of benzene rings is 1. The van der Waals surface area contributed by atoms with Crippen LogP contribution in [-0.4, -0.2) is 17.6 Å². The van der Waals surface area contributed by atoms with E-state index in [1.165, 1.54) is 4.90 Å². The predicted molar refractivity (Wildman–Crippen MR) is 78.7 cm³/mol. The van der Waals surface area contributed by atoms with Crippen LogP contribution in [-0.2, 0) is 14.4 Å². The highest BCUT2D eigenvalue weighted by atomic mass is 16.2. The Bertz CT molecular complexity index is 608. The van der Waals surface area contributed by atoms with Crippen LogP contribution in [0.1, 0.15) is 37.7 Å². The second kappa shape index (κ2) is 5.43. The van der Waals surface area contributed by atoms with Crippen LogP contribution in [0.2, 0.25) is 0 Å². The van der Waals surface area contributed by atoms with Crippen molar-refractivity contribution >= 4 is 23.3 Å². The second-order valence-electron chi connectivity index (χ2n) is 6.04. The summed E-state index contributed by atoms with van der Waals surface area (Å²) in [5, 5.41) is 0. The number of aryl methyl sites for hydroxylation is 1. The number of hydrogen-bond donors (Lipinski definition) is 0. The van der Waals surface area contributed by atoms with Crippen LogP contribution < -0.4 is 4.90 Å². The van der Waals surface area contributed by atoms with Crippen LogP contribution in [0.5, 0.6) is 0 Å². The molecule has 0 bridgehead atoms. The molecule has 0 N–H and O–H groups in total. The maximum atomic E-state index is 12.6. The van der Waals surface area contributed by atoms with Crippen molar-refractivity contribution < 1.29 is 14.4 Å². The molecule has 1 aromatic carbocycles. The highest BCUT2D eigenvalue weighted by Crippen LogP contribution is 2.36. The predicted octanol–water partition coefficient (Wildman–Crippen LogP) is 2.63. The van der Waals surface area contributed by atoms with Crippen LogP contribution in [0.25, 0.3) is 0 Å². The lowest BCUT2D eigenvalue weighted by Gasteiger charge is -2.24.